The molecule has 11 heavy (non-hydrogen) atoms. The molecule has 2 heterocycles. The Labute approximate surface area is 69.2 Å². The molecule has 0 aromatic rings. The summed E-state index contributed by atoms with van der Waals surface area (Å²) in [6, 6.07) is 0. The fourth-order valence-electron chi connectivity index (χ4n) is 0.773. The smallest absolute Gasteiger partial charge is 0.110 e. The first kappa shape index (κ1) is 7.02. The van der Waals surface area contributed by atoms with Gasteiger partial charge in [0.25, 0.3) is 0 Å². The maximum atomic E-state index is 5.08. The third-order valence-corrected chi connectivity index (χ3v) is 2.07. The molecule has 0 amide bonds. The number of rotatable bonds is 2. The van der Waals surface area contributed by atoms with Crippen molar-refractivity contribution in [1.82, 2.24) is 8.94 Å². The van der Waals surface area contributed by atoms with Crippen molar-refractivity contribution in [2.75, 3.05) is 13.1 Å². The van der Waals surface area contributed by atoms with Crippen molar-refractivity contribution in [2.45, 2.75) is 0 Å². The molecule has 0 bridgehead atoms. The average molecular weight is 172 g/mol. The molecule has 0 atom stereocenters. The van der Waals surface area contributed by atoms with Crippen molar-refractivity contribution >= 4 is 12.1 Å². The minimum absolute atomic E-state index is 0.796. The van der Waals surface area contributed by atoms with Gasteiger partial charge < -0.3 is 9.68 Å². The van der Waals surface area contributed by atoms with Crippen LogP contribution in [0, 0.1) is 0 Å². The van der Waals surface area contributed by atoms with Gasteiger partial charge in [0.15, 0.2) is 0 Å². The van der Waals surface area contributed by atoms with E-state index in [4.69, 9.17) is 9.68 Å². The van der Waals surface area contributed by atoms with E-state index < -0.39 is 0 Å². The molecule has 0 unspecified atom stereocenters. The topological polar surface area (TPSA) is 24.9 Å². The third kappa shape index (κ3) is 1.68. The molecule has 0 aromatic carbocycles. The summed E-state index contributed by atoms with van der Waals surface area (Å²) in [5.41, 5.74) is 0. The van der Waals surface area contributed by atoms with Gasteiger partial charge in [0.2, 0.25) is 0 Å². The van der Waals surface area contributed by atoms with Gasteiger partial charge in [-0.05, 0) is 12.2 Å². The van der Waals surface area contributed by atoms with Gasteiger partial charge in [-0.25, -0.2) is 0 Å². The van der Waals surface area contributed by atoms with E-state index in [9.17, 15) is 0 Å². The normalized spacial score (nSPS) is 24.0. The van der Waals surface area contributed by atoms with Gasteiger partial charge >= 0.3 is 0 Å². The first-order chi connectivity index (χ1) is 5.45. The van der Waals surface area contributed by atoms with E-state index >= 15 is 0 Å². The second kappa shape index (κ2) is 3.17. The Balaban J connectivity index is 1.73. The van der Waals surface area contributed by atoms with Crippen LogP contribution < -0.4 is 0 Å². The molecule has 5 heteroatoms. The second-order valence-electron chi connectivity index (χ2n) is 2.07. The van der Waals surface area contributed by atoms with E-state index in [0.717, 1.165) is 13.1 Å². The van der Waals surface area contributed by atoms with Crippen molar-refractivity contribution in [3.63, 3.8) is 0 Å². The minimum atomic E-state index is 0.796. The molecule has 4 nitrogen and oxygen atoms in total. The van der Waals surface area contributed by atoms with Crippen LogP contribution in [0.2, 0.25) is 0 Å². The fourth-order valence-corrected chi connectivity index (χ4v) is 1.46. The summed E-state index contributed by atoms with van der Waals surface area (Å²) in [4.78, 5) is 10.2. The van der Waals surface area contributed by atoms with Gasteiger partial charge in [-0.15, -0.1) is 0 Å². The van der Waals surface area contributed by atoms with Crippen molar-refractivity contribution in [3.05, 3.63) is 24.7 Å². The number of hydrogen-bond acceptors (Lipinski definition) is 5. The van der Waals surface area contributed by atoms with Gasteiger partial charge in [0, 0.05) is 0 Å². The summed E-state index contributed by atoms with van der Waals surface area (Å²) in [6.45, 7) is 1.59. The van der Waals surface area contributed by atoms with Crippen LogP contribution in [-0.2, 0) is 9.68 Å². The lowest BCUT2D eigenvalue weighted by Gasteiger charge is -2.17. The summed E-state index contributed by atoms with van der Waals surface area (Å²) in [5.74, 6) is 0. The summed E-state index contributed by atoms with van der Waals surface area (Å²) in [5, 5.41) is 0. The SMILES string of the molecule is C1=CON(SN2CC=CO2)C1. The molecule has 0 aliphatic carbocycles. The van der Waals surface area contributed by atoms with Crippen LogP contribution in [0.15, 0.2) is 24.7 Å². The van der Waals surface area contributed by atoms with Crippen molar-refractivity contribution in [3.8, 4) is 0 Å². The zero-order valence-electron chi connectivity index (χ0n) is 5.84. The van der Waals surface area contributed by atoms with Gasteiger partial charge in [-0.3, -0.25) is 0 Å². The van der Waals surface area contributed by atoms with Crippen molar-refractivity contribution in [1.29, 1.82) is 0 Å². The van der Waals surface area contributed by atoms with E-state index in [2.05, 4.69) is 0 Å². The maximum Gasteiger partial charge on any atom is 0.110 e. The van der Waals surface area contributed by atoms with Crippen LogP contribution in [0.3, 0.4) is 0 Å². The average Bonchev–Trinajstić information content (AvgIpc) is 2.60. The molecule has 0 radical (unpaired) electrons. The number of hydrogen-bond donors (Lipinski definition) is 0. The van der Waals surface area contributed by atoms with E-state index in [1.54, 1.807) is 21.5 Å². The van der Waals surface area contributed by atoms with Crippen LogP contribution in [0.1, 0.15) is 0 Å². The first-order valence-electron chi connectivity index (χ1n) is 3.32. The van der Waals surface area contributed by atoms with Crippen LogP contribution in [0.25, 0.3) is 0 Å². The zero-order chi connectivity index (χ0) is 7.52. The molecule has 60 valence electrons. The monoisotopic (exact) mass is 172 g/mol. The van der Waals surface area contributed by atoms with Gasteiger partial charge in [0.05, 0.1) is 25.2 Å². The summed E-state index contributed by atoms with van der Waals surface area (Å²) >= 11 is 1.41. The molecule has 2 aliphatic heterocycles. The van der Waals surface area contributed by atoms with Crippen LogP contribution in [0.5, 0.6) is 0 Å². The van der Waals surface area contributed by atoms with E-state index in [1.165, 1.54) is 12.1 Å². The highest BCUT2D eigenvalue weighted by molar-refractivity contribution is 7.94. The van der Waals surface area contributed by atoms with Crippen molar-refractivity contribution < 1.29 is 9.68 Å². The lowest BCUT2D eigenvalue weighted by molar-refractivity contribution is -0.0141. The van der Waals surface area contributed by atoms with Crippen LogP contribution in [-0.4, -0.2) is 22.0 Å². The largest absolute Gasteiger partial charge is 0.402 e. The third-order valence-electron chi connectivity index (χ3n) is 1.24. The molecule has 2 aliphatic rings. The van der Waals surface area contributed by atoms with Crippen molar-refractivity contribution in [2.24, 2.45) is 0 Å². The molecule has 0 spiro atoms. The zero-order valence-corrected chi connectivity index (χ0v) is 6.66. The quantitative estimate of drug-likeness (QED) is 0.580. The molecular formula is C6H8N2O2S. The lowest BCUT2D eigenvalue weighted by Crippen LogP contribution is -2.19. The molecule has 0 saturated heterocycles. The summed E-state index contributed by atoms with van der Waals surface area (Å²) in [7, 11) is 0. The Hall–Kier alpha value is -0.650. The summed E-state index contributed by atoms with van der Waals surface area (Å²) < 4.78 is 3.46. The predicted molar refractivity (Wildman–Crippen MR) is 41.5 cm³/mol. The highest BCUT2D eigenvalue weighted by Crippen LogP contribution is 2.22. The molecule has 0 saturated carbocycles. The van der Waals surface area contributed by atoms with Crippen LogP contribution >= 0.6 is 12.1 Å². The number of hydroxylamine groups is 2. The van der Waals surface area contributed by atoms with E-state index in [-0.39, 0.29) is 0 Å². The van der Waals surface area contributed by atoms with Crippen LogP contribution in [0.4, 0.5) is 0 Å². The molecular weight excluding hydrogens is 164 g/mol. The van der Waals surface area contributed by atoms with E-state index in [0.29, 0.717) is 0 Å². The first-order valence-corrected chi connectivity index (χ1v) is 4.05. The Kier molecular flexibility index (Phi) is 2.02. The molecule has 0 fully saturated rings. The Morgan fingerprint density at radius 2 is 1.55 bits per heavy atom. The number of nitrogens with zero attached hydrogens (tertiary/aromatic N) is 2. The highest BCUT2D eigenvalue weighted by atomic mass is 32.2. The molecule has 0 aromatic heterocycles. The standard InChI is InChI=1S/C6H8N2O2S/c1-3-7(9-5-1)11-8-4-2-6-10-8/h1-2,5-6H,3-4H2. The minimum Gasteiger partial charge on any atom is -0.402 e. The Morgan fingerprint density at radius 1 is 1.00 bits per heavy atom. The lowest BCUT2D eigenvalue weighted by atomic mass is 10.7. The molecule has 2 rings (SSSR count). The van der Waals surface area contributed by atoms with E-state index in [1.807, 2.05) is 12.2 Å². The predicted octanol–water partition coefficient (Wildman–Crippen LogP) is 1.07. The summed E-state index contributed by atoms with van der Waals surface area (Å²) in [6.07, 6.45) is 7.21. The van der Waals surface area contributed by atoms with Gasteiger partial charge in [-0.1, -0.05) is 8.94 Å². The Morgan fingerprint density at radius 3 is 1.91 bits per heavy atom. The van der Waals surface area contributed by atoms with Gasteiger partial charge in [-0.2, -0.15) is 0 Å². The second-order valence-corrected chi connectivity index (χ2v) is 3.04. The van der Waals surface area contributed by atoms with Gasteiger partial charge in [0.1, 0.15) is 12.5 Å². The maximum absolute atomic E-state index is 5.08. The fraction of sp³-hybridized carbons (Fsp3) is 0.333. The molecule has 0 N–H and O–H groups in total. The Bertz CT molecular complexity index is 159. The highest BCUT2D eigenvalue weighted by Gasteiger charge is 2.16.